The Balaban J connectivity index is 1.91. The summed E-state index contributed by atoms with van der Waals surface area (Å²) in [6.07, 6.45) is 7.15. The van der Waals surface area contributed by atoms with Crippen molar-refractivity contribution in [1.29, 1.82) is 5.26 Å². The van der Waals surface area contributed by atoms with Crippen LogP contribution in [0.4, 0.5) is 0 Å². The molecule has 1 unspecified atom stereocenters. The molecular formula is C17H19NO2. The Morgan fingerprint density at radius 3 is 2.70 bits per heavy atom. The van der Waals surface area contributed by atoms with E-state index < -0.39 is 0 Å². The first kappa shape index (κ1) is 14.3. The van der Waals surface area contributed by atoms with Crippen LogP contribution in [0.15, 0.2) is 35.9 Å². The minimum atomic E-state index is -0.165. The zero-order valence-electron chi connectivity index (χ0n) is 11.8. The molecule has 0 saturated carbocycles. The number of carbonyl (C=O) groups excluding carboxylic acids is 1. The number of esters is 1. The Hall–Kier alpha value is -2.08. The average Bonchev–Trinajstić information content (AvgIpc) is 2.49. The van der Waals surface area contributed by atoms with Crippen molar-refractivity contribution in [2.75, 3.05) is 0 Å². The van der Waals surface area contributed by atoms with Crippen molar-refractivity contribution in [3.8, 4) is 11.8 Å². The molecule has 1 atom stereocenters. The summed E-state index contributed by atoms with van der Waals surface area (Å²) in [7, 11) is 0. The summed E-state index contributed by atoms with van der Waals surface area (Å²) in [5.74, 6) is 0.310. The van der Waals surface area contributed by atoms with Crippen LogP contribution in [0.1, 0.15) is 44.6 Å². The van der Waals surface area contributed by atoms with E-state index in [1.807, 2.05) is 6.07 Å². The summed E-state index contributed by atoms with van der Waals surface area (Å²) in [4.78, 5) is 12.1. The highest BCUT2D eigenvalue weighted by Crippen LogP contribution is 2.27. The van der Waals surface area contributed by atoms with E-state index in [4.69, 9.17) is 10.00 Å². The van der Waals surface area contributed by atoms with Crippen LogP contribution >= 0.6 is 0 Å². The monoisotopic (exact) mass is 269 g/mol. The van der Waals surface area contributed by atoms with E-state index in [0.717, 1.165) is 32.1 Å². The number of nitriles is 1. The molecule has 1 aliphatic carbocycles. The lowest BCUT2D eigenvalue weighted by molar-refractivity contribution is -0.139. The Bertz CT molecular complexity index is 537. The first-order valence-corrected chi connectivity index (χ1v) is 7.12. The fourth-order valence-corrected chi connectivity index (χ4v) is 2.45. The molecule has 0 bridgehead atoms. The van der Waals surface area contributed by atoms with Gasteiger partial charge >= 0.3 is 5.97 Å². The van der Waals surface area contributed by atoms with E-state index >= 15 is 0 Å². The van der Waals surface area contributed by atoms with E-state index in [-0.39, 0.29) is 11.9 Å². The molecule has 1 aromatic rings. The number of rotatable bonds is 4. The van der Waals surface area contributed by atoms with Gasteiger partial charge in [0.15, 0.2) is 0 Å². The van der Waals surface area contributed by atoms with Crippen LogP contribution in [0.25, 0.3) is 0 Å². The highest BCUT2D eigenvalue weighted by molar-refractivity contribution is 5.75. The number of hydrogen-bond donors (Lipinski definition) is 0. The maximum atomic E-state index is 12.1. The van der Waals surface area contributed by atoms with E-state index in [0.29, 0.717) is 11.3 Å². The number of carbonyl (C=O) groups is 1. The van der Waals surface area contributed by atoms with Gasteiger partial charge in [-0.2, -0.15) is 5.26 Å². The zero-order chi connectivity index (χ0) is 14.4. The van der Waals surface area contributed by atoms with Crippen molar-refractivity contribution in [2.45, 2.75) is 39.0 Å². The van der Waals surface area contributed by atoms with Crippen molar-refractivity contribution in [1.82, 2.24) is 0 Å². The van der Waals surface area contributed by atoms with E-state index in [9.17, 15) is 4.79 Å². The van der Waals surface area contributed by atoms with Gasteiger partial charge in [-0.3, -0.25) is 4.79 Å². The molecular weight excluding hydrogens is 250 g/mol. The Labute approximate surface area is 119 Å². The summed E-state index contributed by atoms with van der Waals surface area (Å²) >= 11 is 0. The molecule has 0 radical (unpaired) electrons. The molecule has 0 aromatic heterocycles. The van der Waals surface area contributed by atoms with Crippen molar-refractivity contribution < 1.29 is 9.53 Å². The van der Waals surface area contributed by atoms with Crippen molar-refractivity contribution >= 4 is 5.97 Å². The van der Waals surface area contributed by atoms with Crippen LogP contribution in [0.3, 0.4) is 0 Å². The second kappa shape index (κ2) is 6.91. The Morgan fingerprint density at radius 2 is 2.15 bits per heavy atom. The van der Waals surface area contributed by atoms with Crippen LogP contribution < -0.4 is 4.74 Å². The predicted molar refractivity (Wildman–Crippen MR) is 77.1 cm³/mol. The zero-order valence-corrected chi connectivity index (χ0v) is 11.8. The largest absolute Gasteiger partial charge is 0.426 e. The van der Waals surface area contributed by atoms with Crippen LogP contribution in [-0.2, 0) is 4.79 Å². The lowest BCUT2D eigenvalue weighted by Gasteiger charge is -2.20. The second-order valence-corrected chi connectivity index (χ2v) is 5.14. The third-order valence-corrected chi connectivity index (χ3v) is 3.61. The average molecular weight is 269 g/mol. The van der Waals surface area contributed by atoms with Gasteiger partial charge in [-0.05, 0) is 49.9 Å². The van der Waals surface area contributed by atoms with E-state index in [1.54, 1.807) is 24.3 Å². The van der Waals surface area contributed by atoms with Gasteiger partial charge in [0.05, 0.1) is 17.6 Å². The molecule has 104 valence electrons. The highest BCUT2D eigenvalue weighted by Gasteiger charge is 2.23. The minimum Gasteiger partial charge on any atom is -0.426 e. The molecule has 0 amide bonds. The maximum absolute atomic E-state index is 12.1. The van der Waals surface area contributed by atoms with Gasteiger partial charge in [0.25, 0.3) is 0 Å². The van der Waals surface area contributed by atoms with Gasteiger partial charge in [-0.25, -0.2) is 0 Å². The van der Waals surface area contributed by atoms with Crippen LogP contribution in [0.2, 0.25) is 0 Å². The quantitative estimate of drug-likeness (QED) is 0.472. The molecule has 2 rings (SSSR count). The standard InChI is InChI=1S/C17H19NO2/c1-2-3-13-4-8-15(9-5-13)17(19)20-16-10-6-14(12-18)7-11-16/h4,6-7,10-11,15H,2-3,5,8-9H2,1H3. The third kappa shape index (κ3) is 3.71. The van der Waals surface area contributed by atoms with E-state index in [2.05, 4.69) is 13.0 Å². The van der Waals surface area contributed by atoms with Crippen LogP contribution in [0.5, 0.6) is 5.75 Å². The molecule has 0 N–H and O–H groups in total. The van der Waals surface area contributed by atoms with Gasteiger partial charge in [-0.1, -0.05) is 25.0 Å². The first-order chi connectivity index (χ1) is 9.72. The van der Waals surface area contributed by atoms with Crippen molar-refractivity contribution in [3.05, 3.63) is 41.5 Å². The molecule has 0 spiro atoms. The summed E-state index contributed by atoms with van der Waals surface area (Å²) < 4.78 is 5.37. The molecule has 0 aliphatic heterocycles. The molecule has 3 nitrogen and oxygen atoms in total. The smallest absolute Gasteiger partial charge is 0.314 e. The molecule has 3 heteroatoms. The molecule has 20 heavy (non-hydrogen) atoms. The Kier molecular flexibility index (Phi) is 4.95. The summed E-state index contributed by atoms with van der Waals surface area (Å²) in [5.41, 5.74) is 2.03. The normalized spacial score (nSPS) is 18.0. The molecule has 1 aliphatic rings. The van der Waals surface area contributed by atoms with Gasteiger partial charge in [0.1, 0.15) is 5.75 Å². The van der Waals surface area contributed by atoms with Gasteiger partial charge in [-0.15, -0.1) is 0 Å². The molecule has 0 saturated heterocycles. The second-order valence-electron chi connectivity index (χ2n) is 5.14. The van der Waals surface area contributed by atoms with Crippen LogP contribution in [0, 0.1) is 17.2 Å². The SMILES string of the molecule is CCCC1=CCC(C(=O)Oc2ccc(C#N)cc2)CC1. The third-order valence-electron chi connectivity index (χ3n) is 3.61. The van der Waals surface area contributed by atoms with Crippen LogP contribution in [-0.4, -0.2) is 5.97 Å². The fourth-order valence-electron chi connectivity index (χ4n) is 2.45. The van der Waals surface area contributed by atoms with E-state index in [1.165, 1.54) is 5.57 Å². The van der Waals surface area contributed by atoms with Crippen molar-refractivity contribution in [3.63, 3.8) is 0 Å². The number of nitrogens with zero attached hydrogens (tertiary/aromatic N) is 1. The van der Waals surface area contributed by atoms with Crippen molar-refractivity contribution in [2.24, 2.45) is 5.92 Å². The maximum Gasteiger partial charge on any atom is 0.314 e. The predicted octanol–water partition coefficient (Wildman–Crippen LogP) is 3.99. The summed E-state index contributed by atoms with van der Waals surface area (Å²) in [6.45, 7) is 2.17. The molecule has 0 heterocycles. The molecule has 0 fully saturated rings. The topological polar surface area (TPSA) is 50.1 Å². The minimum absolute atomic E-state index is 0.0359. The number of benzene rings is 1. The fraction of sp³-hybridized carbons (Fsp3) is 0.412. The molecule has 1 aromatic carbocycles. The summed E-state index contributed by atoms with van der Waals surface area (Å²) in [5, 5.41) is 8.72. The lowest BCUT2D eigenvalue weighted by Crippen LogP contribution is -2.22. The lowest BCUT2D eigenvalue weighted by atomic mass is 9.88. The summed E-state index contributed by atoms with van der Waals surface area (Å²) in [6, 6.07) is 8.68. The highest BCUT2D eigenvalue weighted by atomic mass is 16.5. The van der Waals surface area contributed by atoms with Gasteiger partial charge in [0, 0.05) is 0 Å². The first-order valence-electron chi connectivity index (χ1n) is 7.12. The number of ether oxygens (including phenoxy) is 1. The number of hydrogen-bond acceptors (Lipinski definition) is 3. The Morgan fingerprint density at radius 1 is 1.40 bits per heavy atom. The number of allylic oxidation sites excluding steroid dienone is 2. The van der Waals surface area contributed by atoms with Gasteiger partial charge < -0.3 is 4.74 Å². The van der Waals surface area contributed by atoms with Gasteiger partial charge in [0.2, 0.25) is 0 Å².